The molecule has 1 saturated heterocycles. The average molecular weight is 396 g/mol. The fourth-order valence-corrected chi connectivity index (χ4v) is 3.91. The van der Waals surface area contributed by atoms with E-state index in [9.17, 15) is 8.42 Å². The summed E-state index contributed by atoms with van der Waals surface area (Å²) < 4.78 is 27.6. The van der Waals surface area contributed by atoms with Crippen LogP contribution in [0, 0.1) is 5.92 Å². The molecule has 2 atom stereocenters. The average Bonchev–Trinajstić information content (AvgIpc) is 2.63. The van der Waals surface area contributed by atoms with Gasteiger partial charge in [-0.25, -0.2) is 8.42 Å². The van der Waals surface area contributed by atoms with Crippen LogP contribution in [0.25, 0.3) is 0 Å². The van der Waals surface area contributed by atoms with E-state index in [-0.39, 0.29) is 12.4 Å². The molecule has 1 aromatic carbocycles. The fraction of sp³-hybridized carbons (Fsp3) is 0.650. The van der Waals surface area contributed by atoms with Crippen LogP contribution in [-0.2, 0) is 14.6 Å². The van der Waals surface area contributed by atoms with Gasteiger partial charge < -0.3 is 15.0 Å². The van der Waals surface area contributed by atoms with Crippen LogP contribution in [0.5, 0.6) is 0 Å². The third-order valence-electron chi connectivity index (χ3n) is 4.86. The highest BCUT2D eigenvalue weighted by Crippen LogP contribution is 2.32. The van der Waals surface area contributed by atoms with Gasteiger partial charge in [0, 0.05) is 25.9 Å². The van der Waals surface area contributed by atoms with Crippen molar-refractivity contribution in [3.8, 4) is 0 Å². The van der Waals surface area contributed by atoms with Gasteiger partial charge in [-0.05, 0) is 30.7 Å². The summed E-state index contributed by atoms with van der Waals surface area (Å²) in [6, 6.07) is 10.7. The molecule has 1 fully saturated rings. The van der Waals surface area contributed by atoms with Gasteiger partial charge >= 0.3 is 0 Å². The maximum atomic E-state index is 11.1. The third kappa shape index (κ3) is 7.50. The third-order valence-corrected chi connectivity index (χ3v) is 5.77. The van der Waals surface area contributed by atoms with Crippen LogP contribution in [0.4, 0.5) is 0 Å². The lowest BCUT2D eigenvalue weighted by molar-refractivity contribution is 0.156. The number of guanidine groups is 1. The highest BCUT2D eigenvalue weighted by Gasteiger charge is 2.28. The molecule has 2 unspecified atom stereocenters. The lowest BCUT2D eigenvalue weighted by Gasteiger charge is -2.39. The fourth-order valence-electron chi connectivity index (χ4n) is 3.49. The van der Waals surface area contributed by atoms with Crippen LogP contribution >= 0.6 is 0 Å². The topological polar surface area (TPSA) is 71.0 Å². The monoisotopic (exact) mass is 395 g/mol. The summed E-state index contributed by atoms with van der Waals surface area (Å²) in [7, 11) is -2.97. The predicted octanol–water partition coefficient (Wildman–Crippen LogP) is 2.14. The lowest BCUT2D eigenvalue weighted by atomic mass is 9.82. The SMILES string of the molecule is CCNC(=NCCOCCS(C)(=O)=O)N1CCC(c2ccccc2)C(C)C1. The summed E-state index contributed by atoms with van der Waals surface area (Å²) in [5.41, 5.74) is 1.42. The van der Waals surface area contributed by atoms with Crippen LogP contribution in [0.1, 0.15) is 31.7 Å². The summed E-state index contributed by atoms with van der Waals surface area (Å²) in [4.78, 5) is 6.98. The number of nitrogens with one attached hydrogen (secondary N) is 1. The van der Waals surface area contributed by atoms with E-state index in [2.05, 4.69) is 59.4 Å². The standard InChI is InChI=1S/C20H33N3O3S/c1-4-21-20(22-11-13-26-14-15-27(3,24)25)23-12-10-19(17(2)16-23)18-8-6-5-7-9-18/h5-9,17,19H,4,10-16H2,1-3H3,(H,21,22). The van der Waals surface area contributed by atoms with Crippen molar-refractivity contribution in [3.63, 3.8) is 0 Å². The summed E-state index contributed by atoms with van der Waals surface area (Å²) in [6.07, 6.45) is 2.33. The second kappa shape index (κ2) is 10.7. The Labute approximate surface area is 163 Å². The lowest BCUT2D eigenvalue weighted by Crippen LogP contribution is -2.48. The molecule has 0 spiro atoms. The maximum Gasteiger partial charge on any atom is 0.194 e. The number of nitrogens with zero attached hydrogens (tertiary/aromatic N) is 2. The molecule has 0 saturated carbocycles. The van der Waals surface area contributed by atoms with Gasteiger partial charge in [-0.15, -0.1) is 0 Å². The number of likely N-dealkylation sites (tertiary alicyclic amines) is 1. The quantitative estimate of drug-likeness (QED) is 0.415. The first-order valence-corrected chi connectivity index (χ1v) is 11.8. The zero-order valence-electron chi connectivity index (χ0n) is 16.7. The van der Waals surface area contributed by atoms with Crippen molar-refractivity contribution in [1.82, 2.24) is 10.2 Å². The van der Waals surface area contributed by atoms with E-state index in [0.29, 0.717) is 25.0 Å². The first kappa shape index (κ1) is 21.7. The van der Waals surface area contributed by atoms with Gasteiger partial charge in [0.05, 0.1) is 25.5 Å². The first-order valence-electron chi connectivity index (χ1n) is 9.74. The molecule has 1 aliphatic heterocycles. The van der Waals surface area contributed by atoms with Crippen LogP contribution < -0.4 is 5.32 Å². The van der Waals surface area contributed by atoms with E-state index in [4.69, 9.17) is 4.74 Å². The molecule has 1 aliphatic rings. The van der Waals surface area contributed by atoms with Crippen molar-refractivity contribution in [2.75, 3.05) is 51.4 Å². The number of piperidine rings is 1. The molecule has 0 amide bonds. The molecule has 0 aromatic heterocycles. The molecular weight excluding hydrogens is 362 g/mol. The van der Waals surface area contributed by atoms with E-state index in [0.717, 1.165) is 32.0 Å². The van der Waals surface area contributed by atoms with Crippen molar-refractivity contribution in [2.45, 2.75) is 26.2 Å². The van der Waals surface area contributed by atoms with Gasteiger partial charge in [0.1, 0.15) is 9.84 Å². The zero-order valence-corrected chi connectivity index (χ0v) is 17.5. The number of hydrogen-bond acceptors (Lipinski definition) is 4. The minimum absolute atomic E-state index is 0.0568. The number of sulfone groups is 1. The number of hydrogen-bond donors (Lipinski definition) is 1. The summed E-state index contributed by atoms with van der Waals surface area (Å²) >= 11 is 0. The summed E-state index contributed by atoms with van der Waals surface area (Å²) in [5.74, 6) is 2.12. The Morgan fingerprint density at radius 2 is 2.04 bits per heavy atom. The summed E-state index contributed by atoms with van der Waals surface area (Å²) in [5, 5.41) is 3.37. The molecule has 7 heteroatoms. The first-order chi connectivity index (χ1) is 12.9. The molecule has 152 valence electrons. The van der Waals surface area contributed by atoms with Gasteiger partial charge in [0.15, 0.2) is 5.96 Å². The molecule has 2 rings (SSSR count). The minimum Gasteiger partial charge on any atom is -0.378 e. The molecule has 0 bridgehead atoms. The van der Waals surface area contributed by atoms with E-state index >= 15 is 0 Å². The second-order valence-corrected chi connectivity index (χ2v) is 9.47. The Kier molecular flexibility index (Phi) is 8.57. The van der Waals surface area contributed by atoms with E-state index in [1.807, 2.05) is 0 Å². The van der Waals surface area contributed by atoms with Crippen LogP contribution in [0.3, 0.4) is 0 Å². The molecule has 0 radical (unpaired) electrons. The molecule has 0 aliphatic carbocycles. The molecule has 27 heavy (non-hydrogen) atoms. The molecule has 1 heterocycles. The van der Waals surface area contributed by atoms with Gasteiger partial charge in [0.2, 0.25) is 0 Å². The van der Waals surface area contributed by atoms with Crippen molar-refractivity contribution < 1.29 is 13.2 Å². The number of ether oxygens (including phenoxy) is 1. The number of benzene rings is 1. The van der Waals surface area contributed by atoms with Gasteiger partial charge in [0.25, 0.3) is 0 Å². The molecule has 1 aromatic rings. The largest absolute Gasteiger partial charge is 0.378 e. The number of rotatable bonds is 8. The van der Waals surface area contributed by atoms with E-state index in [1.165, 1.54) is 11.8 Å². The van der Waals surface area contributed by atoms with Gasteiger partial charge in [-0.2, -0.15) is 0 Å². The normalized spacial score (nSPS) is 21.3. The van der Waals surface area contributed by atoms with Crippen molar-refractivity contribution in [2.24, 2.45) is 10.9 Å². The Hall–Kier alpha value is -1.60. The maximum absolute atomic E-state index is 11.1. The number of aliphatic imine (C=N–C) groups is 1. The highest BCUT2D eigenvalue weighted by atomic mass is 32.2. The minimum atomic E-state index is -2.97. The van der Waals surface area contributed by atoms with Gasteiger partial charge in [-0.3, -0.25) is 4.99 Å². The molecular formula is C20H33N3O3S. The van der Waals surface area contributed by atoms with Crippen LogP contribution in [0.2, 0.25) is 0 Å². The smallest absolute Gasteiger partial charge is 0.194 e. The van der Waals surface area contributed by atoms with Crippen LogP contribution in [-0.4, -0.2) is 70.7 Å². The zero-order chi connectivity index (χ0) is 19.7. The van der Waals surface area contributed by atoms with Crippen molar-refractivity contribution in [3.05, 3.63) is 35.9 Å². The Morgan fingerprint density at radius 1 is 1.30 bits per heavy atom. The van der Waals surface area contributed by atoms with Gasteiger partial charge in [-0.1, -0.05) is 37.3 Å². The molecule has 6 nitrogen and oxygen atoms in total. The summed E-state index contributed by atoms with van der Waals surface area (Å²) in [6.45, 7) is 8.33. The van der Waals surface area contributed by atoms with Crippen molar-refractivity contribution in [1.29, 1.82) is 0 Å². The Bertz CT molecular complexity index is 692. The molecule has 1 N–H and O–H groups in total. The Balaban J connectivity index is 1.85. The Morgan fingerprint density at radius 3 is 2.67 bits per heavy atom. The van der Waals surface area contributed by atoms with E-state index in [1.54, 1.807) is 0 Å². The highest BCUT2D eigenvalue weighted by molar-refractivity contribution is 7.90. The van der Waals surface area contributed by atoms with Crippen LogP contribution in [0.15, 0.2) is 35.3 Å². The second-order valence-electron chi connectivity index (χ2n) is 7.21. The van der Waals surface area contributed by atoms with E-state index < -0.39 is 9.84 Å². The van der Waals surface area contributed by atoms with Crippen molar-refractivity contribution >= 4 is 15.8 Å². The predicted molar refractivity (Wildman–Crippen MR) is 111 cm³/mol.